The largest absolute Gasteiger partial charge is 0.343 e. The van der Waals surface area contributed by atoms with Crippen molar-refractivity contribution >= 4 is 44.8 Å². The fourth-order valence-electron chi connectivity index (χ4n) is 2.63. The minimum atomic E-state index is -3.68. The van der Waals surface area contributed by atoms with E-state index in [2.05, 4.69) is 0 Å². The zero-order valence-corrected chi connectivity index (χ0v) is 15.9. The summed E-state index contributed by atoms with van der Waals surface area (Å²) in [5.41, 5.74) is 0. The molecule has 1 aliphatic rings. The maximum Gasteiger partial charge on any atom is 0.277 e. The van der Waals surface area contributed by atoms with Gasteiger partial charge in [0.2, 0.25) is 15.9 Å². The van der Waals surface area contributed by atoms with Crippen LogP contribution in [0.5, 0.6) is 0 Å². The summed E-state index contributed by atoms with van der Waals surface area (Å²) in [6.07, 6.45) is 2.25. The number of amides is 2. The number of carbonyl (C=O) groups is 2. The van der Waals surface area contributed by atoms with Gasteiger partial charge in [0, 0.05) is 26.1 Å². The first kappa shape index (κ1) is 19.2. The molecule has 0 bridgehead atoms. The lowest BCUT2D eigenvalue weighted by Crippen LogP contribution is -2.40. The van der Waals surface area contributed by atoms with Gasteiger partial charge < -0.3 is 4.90 Å². The van der Waals surface area contributed by atoms with Crippen LogP contribution < -0.4 is 0 Å². The minimum absolute atomic E-state index is 0.0699. The Balaban J connectivity index is 2.08. The first-order valence-corrected chi connectivity index (χ1v) is 10.7. The van der Waals surface area contributed by atoms with E-state index < -0.39 is 15.9 Å². The second-order valence-corrected chi connectivity index (χ2v) is 9.36. The summed E-state index contributed by atoms with van der Waals surface area (Å²) in [5.74, 6) is -0.539. The SMILES string of the molecule is CCCS(=O)(=O)N(CCCN1CCCC1=O)C(=O)c1ccc(Cl)s1. The second kappa shape index (κ2) is 8.31. The first-order valence-electron chi connectivity index (χ1n) is 7.93. The summed E-state index contributed by atoms with van der Waals surface area (Å²) in [6.45, 7) is 3.00. The maximum absolute atomic E-state index is 12.6. The average Bonchev–Trinajstić information content (AvgIpc) is 3.11. The van der Waals surface area contributed by atoms with Gasteiger partial charge in [-0.15, -0.1) is 11.3 Å². The summed E-state index contributed by atoms with van der Waals surface area (Å²) in [4.78, 5) is 26.2. The molecule has 9 heteroatoms. The average molecular weight is 393 g/mol. The van der Waals surface area contributed by atoms with Gasteiger partial charge in [0.25, 0.3) is 5.91 Å². The van der Waals surface area contributed by atoms with Crippen molar-refractivity contribution in [2.45, 2.75) is 32.6 Å². The molecule has 1 saturated heterocycles. The predicted octanol–water partition coefficient (Wildman–Crippen LogP) is 2.60. The fourth-order valence-corrected chi connectivity index (χ4v) is 5.18. The van der Waals surface area contributed by atoms with Crippen LogP contribution in [-0.2, 0) is 14.8 Å². The number of thiophene rings is 1. The highest BCUT2D eigenvalue weighted by Crippen LogP contribution is 2.24. The van der Waals surface area contributed by atoms with Crippen LogP contribution in [0.15, 0.2) is 12.1 Å². The van der Waals surface area contributed by atoms with Crippen LogP contribution >= 0.6 is 22.9 Å². The van der Waals surface area contributed by atoms with Gasteiger partial charge in [0.15, 0.2) is 0 Å². The second-order valence-electron chi connectivity index (χ2n) is 5.63. The van der Waals surface area contributed by atoms with Crippen molar-refractivity contribution in [3.05, 3.63) is 21.3 Å². The maximum atomic E-state index is 12.6. The van der Waals surface area contributed by atoms with E-state index in [-0.39, 0.29) is 18.2 Å². The van der Waals surface area contributed by atoms with Crippen LogP contribution in [0.25, 0.3) is 0 Å². The Hall–Kier alpha value is -1.12. The Morgan fingerprint density at radius 2 is 2.17 bits per heavy atom. The number of carbonyl (C=O) groups excluding carboxylic acids is 2. The summed E-state index contributed by atoms with van der Waals surface area (Å²) in [5, 5.41) is 0. The predicted molar refractivity (Wildman–Crippen MR) is 94.9 cm³/mol. The molecule has 0 atom stereocenters. The molecule has 0 radical (unpaired) electrons. The van der Waals surface area contributed by atoms with Crippen molar-refractivity contribution in [1.29, 1.82) is 0 Å². The molecule has 24 heavy (non-hydrogen) atoms. The Bertz CT molecular complexity index is 702. The molecule has 0 N–H and O–H groups in total. The van der Waals surface area contributed by atoms with Crippen molar-refractivity contribution < 1.29 is 18.0 Å². The Morgan fingerprint density at radius 1 is 1.42 bits per heavy atom. The smallest absolute Gasteiger partial charge is 0.277 e. The Morgan fingerprint density at radius 3 is 2.71 bits per heavy atom. The molecule has 0 aliphatic carbocycles. The van der Waals surface area contributed by atoms with Crippen LogP contribution in [0, 0.1) is 0 Å². The highest BCUT2D eigenvalue weighted by molar-refractivity contribution is 7.89. The van der Waals surface area contributed by atoms with E-state index >= 15 is 0 Å². The molecule has 2 heterocycles. The third kappa shape index (κ3) is 4.70. The highest BCUT2D eigenvalue weighted by Gasteiger charge is 2.29. The van der Waals surface area contributed by atoms with Crippen molar-refractivity contribution in [3.63, 3.8) is 0 Å². The van der Waals surface area contributed by atoms with Gasteiger partial charge in [-0.05, 0) is 31.4 Å². The van der Waals surface area contributed by atoms with Gasteiger partial charge in [-0.2, -0.15) is 0 Å². The van der Waals surface area contributed by atoms with Crippen LogP contribution in [-0.4, -0.2) is 54.8 Å². The molecule has 2 rings (SSSR count). The van der Waals surface area contributed by atoms with Crippen LogP contribution in [0.3, 0.4) is 0 Å². The van der Waals surface area contributed by atoms with Gasteiger partial charge in [-0.3, -0.25) is 9.59 Å². The van der Waals surface area contributed by atoms with Crippen LogP contribution in [0.1, 0.15) is 42.3 Å². The molecule has 1 aliphatic heterocycles. The summed E-state index contributed by atoms with van der Waals surface area (Å²) in [6, 6.07) is 3.11. The highest BCUT2D eigenvalue weighted by atomic mass is 35.5. The number of halogens is 1. The molecule has 1 aromatic rings. The number of sulfonamides is 1. The van der Waals surface area contributed by atoms with E-state index in [1.165, 1.54) is 6.07 Å². The van der Waals surface area contributed by atoms with E-state index in [1.54, 1.807) is 17.9 Å². The Kier molecular flexibility index (Phi) is 6.65. The first-order chi connectivity index (χ1) is 11.3. The molecule has 6 nitrogen and oxygen atoms in total. The molecule has 2 amide bonds. The molecule has 134 valence electrons. The van der Waals surface area contributed by atoms with E-state index in [0.717, 1.165) is 22.1 Å². The third-order valence-electron chi connectivity index (χ3n) is 3.77. The molecular formula is C15H21ClN2O4S2. The normalized spacial score (nSPS) is 15.1. The number of hydrogen-bond acceptors (Lipinski definition) is 5. The standard InChI is InChI=1S/C15H21ClN2O4S2/c1-2-11-24(21,22)18(15(20)12-6-7-13(16)23-12)10-4-9-17-8-3-5-14(17)19/h6-7H,2-5,8-11H2,1H3. The lowest BCUT2D eigenvalue weighted by Gasteiger charge is -2.23. The summed E-state index contributed by atoms with van der Waals surface area (Å²) < 4.78 is 26.2. The van der Waals surface area contributed by atoms with Gasteiger partial charge in [-0.25, -0.2) is 12.7 Å². The lowest BCUT2D eigenvalue weighted by molar-refractivity contribution is -0.127. The topological polar surface area (TPSA) is 74.8 Å². The summed E-state index contributed by atoms with van der Waals surface area (Å²) >= 11 is 6.91. The van der Waals surface area contributed by atoms with E-state index in [9.17, 15) is 18.0 Å². The van der Waals surface area contributed by atoms with Gasteiger partial charge in [0.1, 0.15) is 0 Å². The minimum Gasteiger partial charge on any atom is -0.343 e. The monoisotopic (exact) mass is 392 g/mol. The molecule has 0 saturated carbocycles. The van der Waals surface area contributed by atoms with Gasteiger partial charge in [0.05, 0.1) is 15.0 Å². The van der Waals surface area contributed by atoms with Crippen molar-refractivity contribution in [1.82, 2.24) is 9.21 Å². The number of hydrogen-bond donors (Lipinski definition) is 0. The number of rotatable bonds is 8. The molecule has 1 aromatic heterocycles. The molecule has 1 fully saturated rings. The van der Waals surface area contributed by atoms with Gasteiger partial charge >= 0.3 is 0 Å². The number of nitrogens with zero attached hydrogens (tertiary/aromatic N) is 2. The van der Waals surface area contributed by atoms with Crippen molar-refractivity contribution in [2.24, 2.45) is 0 Å². The van der Waals surface area contributed by atoms with E-state index in [0.29, 0.717) is 41.6 Å². The molecule has 0 spiro atoms. The molecular weight excluding hydrogens is 372 g/mol. The summed E-state index contributed by atoms with van der Waals surface area (Å²) in [7, 11) is -3.68. The van der Waals surface area contributed by atoms with Crippen molar-refractivity contribution in [3.8, 4) is 0 Å². The zero-order chi connectivity index (χ0) is 17.7. The third-order valence-corrected chi connectivity index (χ3v) is 6.93. The number of likely N-dealkylation sites (tertiary alicyclic amines) is 1. The Labute approximate surface area is 151 Å². The molecule has 0 aromatic carbocycles. The van der Waals surface area contributed by atoms with Crippen LogP contribution in [0.2, 0.25) is 4.34 Å². The lowest BCUT2D eigenvalue weighted by atomic mass is 10.3. The fraction of sp³-hybridized carbons (Fsp3) is 0.600. The van der Waals surface area contributed by atoms with E-state index in [4.69, 9.17) is 11.6 Å². The van der Waals surface area contributed by atoms with Crippen LogP contribution in [0.4, 0.5) is 0 Å². The van der Waals surface area contributed by atoms with E-state index in [1.807, 2.05) is 0 Å². The molecule has 0 unspecified atom stereocenters. The quantitative estimate of drug-likeness (QED) is 0.681. The zero-order valence-electron chi connectivity index (χ0n) is 13.5. The van der Waals surface area contributed by atoms with Gasteiger partial charge in [-0.1, -0.05) is 18.5 Å². The van der Waals surface area contributed by atoms with Crippen molar-refractivity contribution in [2.75, 3.05) is 25.4 Å².